The minimum absolute atomic E-state index is 0.000489. The van der Waals surface area contributed by atoms with E-state index in [-0.39, 0.29) is 40.9 Å². The number of nitrogens with zero attached hydrogens (tertiary/aromatic N) is 1. The van der Waals surface area contributed by atoms with Crippen LogP contribution in [0.2, 0.25) is 0 Å². The van der Waals surface area contributed by atoms with E-state index in [1.807, 2.05) is 6.92 Å². The number of fused-ring (bicyclic) bond motifs is 3. The van der Waals surface area contributed by atoms with Crippen molar-refractivity contribution in [2.24, 2.45) is 29.1 Å². The van der Waals surface area contributed by atoms with E-state index >= 15 is 0 Å². The third kappa shape index (κ3) is 3.40. The highest BCUT2D eigenvalue weighted by Gasteiger charge is 2.65. The summed E-state index contributed by atoms with van der Waals surface area (Å²) in [6.45, 7) is 8.10. The van der Waals surface area contributed by atoms with Crippen molar-refractivity contribution in [1.82, 2.24) is 4.90 Å². The maximum atomic E-state index is 12.8. The fourth-order valence-electron chi connectivity index (χ4n) is 7.06. The lowest BCUT2D eigenvalue weighted by molar-refractivity contribution is -0.150. The molecule has 29 heavy (non-hydrogen) atoms. The summed E-state index contributed by atoms with van der Waals surface area (Å²) in [5, 5.41) is 0. The van der Waals surface area contributed by atoms with Crippen LogP contribution < -0.4 is 0 Å². The second-order valence-electron chi connectivity index (χ2n) is 10.4. The molecule has 0 amide bonds. The van der Waals surface area contributed by atoms with E-state index < -0.39 is 0 Å². The van der Waals surface area contributed by atoms with E-state index in [1.165, 1.54) is 19.3 Å². The van der Waals surface area contributed by atoms with Gasteiger partial charge in [-0.25, -0.2) is 0 Å². The number of likely N-dealkylation sites (tertiary alicyclic amines) is 1. The molecular formula is C23H35NO5. The Morgan fingerprint density at radius 1 is 1.28 bits per heavy atom. The quantitative estimate of drug-likeness (QED) is 0.529. The van der Waals surface area contributed by atoms with Crippen LogP contribution in [0.3, 0.4) is 0 Å². The van der Waals surface area contributed by atoms with Crippen LogP contribution in [-0.2, 0) is 23.8 Å². The number of piperidine rings is 1. The van der Waals surface area contributed by atoms with Gasteiger partial charge in [-0.05, 0) is 76.3 Å². The molecule has 3 aliphatic heterocycles. The van der Waals surface area contributed by atoms with Crippen molar-refractivity contribution in [2.45, 2.75) is 70.5 Å². The van der Waals surface area contributed by atoms with Crippen LogP contribution in [0.1, 0.15) is 58.8 Å². The van der Waals surface area contributed by atoms with E-state index in [0.29, 0.717) is 18.4 Å². The molecule has 0 aromatic rings. The van der Waals surface area contributed by atoms with Gasteiger partial charge in [-0.3, -0.25) is 9.59 Å². The Balaban J connectivity index is 1.23. The summed E-state index contributed by atoms with van der Waals surface area (Å²) in [6, 6.07) is 0. The molecule has 5 fully saturated rings. The van der Waals surface area contributed by atoms with Gasteiger partial charge in [0.2, 0.25) is 0 Å². The van der Waals surface area contributed by atoms with E-state index in [9.17, 15) is 9.59 Å². The van der Waals surface area contributed by atoms with E-state index in [2.05, 4.69) is 11.8 Å². The Bertz CT molecular complexity index is 668. The molecule has 3 heterocycles. The van der Waals surface area contributed by atoms with Crippen LogP contribution in [0.5, 0.6) is 0 Å². The zero-order chi connectivity index (χ0) is 20.2. The van der Waals surface area contributed by atoms with Crippen LogP contribution in [0.15, 0.2) is 0 Å². The number of carbonyl (C=O) groups excluding carboxylic acids is 2. The van der Waals surface area contributed by atoms with Crippen LogP contribution in [-0.4, -0.2) is 61.4 Å². The van der Waals surface area contributed by atoms with Gasteiger partial charge >= 0.3 is 11.9 Å². The van der Waals surface area contributed by atoms with Gasteiger partial charge in [-0.1, -0.05) is 6.92 Å². The normalized spacial score (nSPS) is 44.8. The first kappa shape index (κ1) is 19.8. The van der Waals surface area contributed by atoms with Crippen molar-refractivity contribution >= 4 is 11.9 Å². The summed E-state index contributed by atoms with van der Waals surface area (Å²) in [6.07, 6.45) is 7.45. The van der Waals surface area contributed by atoms with Crippen molar-refractivity contribution in [3.63, 3.8) is 0 Å². The molecule has 5 rings (SSSR count). The second-order valence-corrected chi connectivity index (χ2v) is 10.4. The first-order chi connectivity index (χ1) is 13.9. The summed E-state index contributed by atoms with van der Waals surface area (Å²) in [4.78, 5) is 27.2. The predicted octanol–water partition coefficient (Wildman–Crippen LogP) is 2.79. The van der Waals surface area contributed by atoms with Crippen molar-refractivity contribution in [2.75, 3.05) is 32.8 Å². The van der Waals surface area contributed by atoms with Gasteiger partial charge in [0.05, 0.1) is 30.7 Å². The Labute approximate surface area is 173 Å². The smallest absolute Gasteiger partial charge is 0.310 e. The molecule has 0 radical (unpaired) electrons. The van der Waals surface area contributed by atoms with Crippen LogP contribution in [0.25, 0.3) is 0 Å². The molecule has 6 heteroatoms. The highest BCUT2D eigenvalue weighted by Crippen LogP contribution is 2.62. The maximum absolute atomic E-state index is 12.8. The van der Waals surface area contributed by atoms with Gasteiger partial charge in [0.15, 0.2) is 0 Å². The Morgan fingerprint density at radius 2 is 2.03 bits per heavy atom. The summed E-state index contributed by atoms with van der Waals surface area (Å²) >= 11 is 0. The van der Waals surface area contributed by atoms with Crippen LogP contribution in [0, 0.1) is 29.1 Å². The lowest BCUT2D eigenvalue weighted by atomic mass is 9.53. The maximum Gasteiger partial charge on any atom is 0.310 e. The standard InChI is InChI=1S/C23H35NO5/c1-3-27-20(25)15-5-9-24(10-6-15)13-17-16-11-19-22(2,12-18(16)29-21(17)26)7-4-8-23(19)14-28-23/h15-19H,3-14H2,1-2H3/t16-,17+,18-,19+,22-,23-/m1/s1. The van der Waals surface area contributed by atoms with Gasteiger partial charge in [0, 0.05) is 12.5 Å². The third-order valence-electron chi connectivity index (χ3n) is 8.74. The fourth-order valence-corrected chi connectivity index (χ4v) is 7.06. The van der Waals surface area contributed by atoms with Crippen molar-refractivity contribution in [1.29, 1.82) is 0 Å². The van der Waals surface area contributed by atoms with Crippen molar-refractivity contribution in [3.8, 4) is 0 Å². The van der Waals surface area contributed by atoms with Crippen molar-refractivity contribution in [3.05, 3.63) is 0 Å². The Hall–Kier alpha value is -1.14. The van der Waals surface area contributed by atoms with Gasteiger partial charge in [-0.15, -0.1) is 0 Å². The summed E-state index contributed by atoms with van der Waals surface area (Å²) < 4.78 is 17.1. The molecule has 3 saturated heterocycles. The molecule has 0 unspecified atom stereocenters. The molecule has 6 atom stereocenters. The molecule has 162 valence electrons. The SMILES string of the molecule is CCOC(=O)C1CCN(C[C@@H]2C(=O)O[C@@H]3C[C@@]4(C)CCC[C@@]5(CO5)[C@H]4C[C@H]23)CC1. The molecule has 1 spiro atoms. The molecule has 2 aliphatic carbocycles. The Kier molecular flexibility index (Phi) is 4.93. The van der Waals surface area contributed by atoms with Gasteiger partial charge < -0.3 is 19.1 Å². The first-order valence-corrected chi connectivity index (χ1v) is 11.7. The first-order valence-electron chi connectivity index (χ1n) is 11.7. The zero-order valence-electron chi connectivity index (χ0n) is 17.9. The zero-order valence-corrected chi connectivity index (χ0v) is 17.9. The molecule has 0 bridgehead atoms. The van der Waals surface area contributed by atoms with E-state index in [1.54, 1.807) is 0 Å². The third-order valence-corrected chi connectivity index (χ3v) is 8.74. The van der Waals surface area contributed by atoms with Gasteiger partial charge in [0.25, 0.3) is 0 Å². The lowest BCUT2D eigenvalue weighted by Gasteiger charge is -2.51. The highest BCUT2D eigenvalue weighted by molar-refractivity contribution is 5.76. The summed E-state index contributed by atoms with van der Waals surface area (Å²) in [5.41, 5.74) is 0.356. The predicted molar refractivity (Wildman–Crippen MR) is 106 cm³/mol. The molecular weight excluding hydrogens is 370 g/mol. The number of carbonyl (C=O) groups is 2. The van der Waals surface area contributed by atoms with Gasteiger partial charge in [0.1, 0.15) is 6.10 Å². The number of esters is 2. The molecule has 0 aromatic heterocycles. The number of hydrogen-bond donors (Lipinski definition) is 0. The average Bonchev–Trinajstić information content (AvgIpc) is 3.40. The molecule has 2 saturated carbocycles. The molecule has 0 N–H and O–H groups in total. The minimum atomic E-state index is -0.0638. The number of hydrogen-bond acceptors (Lipinski definition) is 6. The molecule has 6 nitrogen and oxygen atoms in total. The molecule has 5 aliphatic rings. The summed E-state index contributed by atoms with van der Waals surface area (Å²) in [5.74, 6) is 0.811. The fraction of sp³-hybridized carbons (Fsp3) is 0.913. The van der Waals surface area contributed by atoms with Crippen LogP contribution in [0.4, 0.5) is 0 Å². The number of rotatable bonds is 4. The lowest BCUT2D eigenvalue weighted by Crippen LogP contribution is -2.51. The minimum Gasteiger partial charge on any atom is -0.466 e. The van der Waals surface area contributed by atoms with E-state index in [4.69, 9.17) is 14.2 Å². The van der Waals surface area contributed by atoms with Crippen LogP contribution >= 0.6 is 0 Å². The van der Waals surface area contributed by atoms with E-state index in [0.717, 1.165) is 51.9 Å². The topological polar surface area (TPSA) is 68.4 Å². The summed E-state index contributed by atoms with van der Waals surface area (Å²) in [7, 11) is 0. The number of ether oxygens (including phenoxy) is 3. The van der Waals surface area contributed by atoms with Crippen molar-refractivity contribution < 1.29 is 23.8 Å². The molecule has 0 aromatic carbocycles. The monoisotopic (exact) mass is 405 g/mol. The van der Waals surface area contributed by atoms with Gasteiger partial charge in [-0.2, -0.15) is 0 Å². The average molecular weight is 406 g/mol. The Morgan fingerprint density at radius 3 is 2.72 bits per heavy atom. The second kappa shape index (κ2) is 7.23. The largest absolute Gasteiger partial charge is 0.466 e. The number of epoxide rings is 1. The highest BCUT2D eigenvalue weighted by atomic mass is 16.6.